The third-order valence-electron chi connectivity index (χ3n) is 3.82. The molecule has 1 aliphatic heterocycles. The quantitative estimate of drug-likeness (QED) is 0.338. The van der Waals surface area contributed by atoms with E-state index in [2.05, 4.69) is 0 Å². The first kappa shape index (κ1) is 20.5. The maximum atomic E-state index is 12.8. The molecule has 0 aliphatic carbocycles. The molecule has 1 aliphatic rings. The highest BCUT2D eigenvalue weighted by Crippen LogP contribution is 2.38. The molecule has 4 amide bonds. The Morgan fingerprint density at radius 2 is 1.67 bits per heavy atom. The molecule has 9 nitrogen and oxygen atoms in total. The first-order valence-corrected chi connectivity index (χ1v) is 8.06. The largest absolute Gasteiger partial charge is 0.450 e. The number of amides is 4. The highest BCUT2D eigenvalue weighted by molar-refractivity contribution is 6.31. The second-order valence-electron chi connectivity index (χ2n) is 5.91. The maximum Gasteiger partial charge on any atom is 0.416 e. The summed E-state index contributed by atoms with van der Waals surface area (Å²) in [5.41, 5.74) is -2.20. The highest BCUT2D eigenvalue weighted by Gasteiger charge is 2.33. The normalized spacial score (nSPS) is 14.1. The molecule has 2 aromatic rings. The average molecular weight is 421 g/mol. The van der Waals surface area contributed by atoms with Crippen molar-refractivity contribution in [3.8, 4) is 11.5 Å². The van der Waals surface area contributed by atoms with Crippen LogP contribution in [-0.4, -0.2) is 22.8 Å². The molecule has 3 rings (SSSR count). The molecule has 0 aromatic heterocycles. The van der Waals surface area contributed by atoms with Crippen molar-refractivity contribution in [2.24, 2.45) is 0 Å². The average Bonchev–Trinajstić information content (AvgIpc) is 2.64. The number of ether oxygens (including phenoxy) is 1. The predicted octanol–water partition coefficient (Wildman–Crippen LogP) is 3.16. The second-order valence-corrected chi connectivity index (χ2v) is 5.91. The van der Waals surface area contributed by atoms with Gasteiger partial charge in [0.05, 0.1) is 10.5 Å². The van der Waals surface area contributed by atoms with Crippen molar-refractivity contribution in [1.29, 1.82) is 0 Å². The van der Waals surface area contributed by atoms with E-state index < -0.39 is 45.9 Å². The number of nitro groups is 1. The highest BCUT2D eigenvalue weighted by atomic mass is 19.4. The molecule has 0 radical (unpaired) electrons. The molecule has 2 N–H and O–H groups in total. The number of alkyl halides is 3. The van der Waals surface area contributed by atoms with E-state index in [1.54, 1.807) is 0 Å². The number of nitrogens with one attached hydrogen (secondary N) is 2. The number of hydrogen-bond acceptors (Lipinski definition) is 6. The minimum atomic E-state index is -4.77. The zero-order chi connectivity index (χ0) is 22.1. The molecule has 0 atom stereocenters. The molecule has 0 unspecified atom stereocenters. The van der Waals surface area contributed by atoms with Gasteiger partial charge in [0.1, 0.15) is 11.3 Å². The molecule has 1 heterocycles. The lowest BCUT2D eigenvalue weighted by atomic mass is 10.1. The Hall–Kier alpha value is -4.22. The fraction of sp³-hybridized carbons (Fsp3) is 0.0556. The zero-order valence-electron chi connectivity index (χ0n) is 14.6. The first-order chi connectivity index (χ1) is 14.0. The summed E-state index contributed by atoms with van der Waals surface area (Å²) in [5.74, 6) is -2.28. The van der Waals surface area contributed by atoms with Gasteiger partial charge in [-0.05, 0) is 35.9 Å². The van der Waals surface area contributed by atoms with Crippen LogP contribution in [0.2, 0.25) is 0 Å². The number of nitrogens with zero attached hydrogens (tertiary/aromatic N) is 1. The molecule has 12 heteroatoms. The molecule has 1 saturated heterocycles. The lowest BCUT2D eigenvalue weighted by molar-refractivity contribution is -0.385. The first-order valence-electron chi connectivity index (χ1n) is 8.06. The number of halogens is 3. The smallest absolute Gasteiger partial charge is 0.416 e. The molecule has 1 fully saturated rings. The Morgan fingerprint density at radius 3 is 2.27 bits per heavy atom. The topological polar surface area (TPSA) is 128 Å². The summed E-state index contributed by atoms with van der Waals surface area (Å²) in [7, 11) is 0. The van der Waals surface area contributed by atoms with E-state index in [9.17, 15) is 37.7 Å². The van der Waals surface area contributed by atoms with Gasteiger partial charge < -0.3 is 4.74 Å². The van der Waals surface area contributed by atoms with Crippen LogP contribution in [0.1, 0.15) is 11.1 Å². The van der Waals surface area contributed by atoms with E-state index in [0.29, 0.717) is 12.1 Å². The van der Waals surface area contributed by atoms with Crippen molar-refractivity contribution < 1.29 is 37.2 Å². The number of nitro benzene ring substituents is 1. The summed E-state index contributed by atoms with van der Waals surface area (Å²) in [6.07, 6.45) is -3.62. The van der Waals surface area contributed by atoms with Gasteiger partial charge in [-0.25, -0.2) is 4.79 Å². The number of hydrogen-bond donors (Lipinski definition) is 2. The molecule has 0 saturated carbocycles. The van der Waals surface area contributed by atoms with Crippen LogP contribution in [0.3, 0.4) is 0 Å². The predicted molar refractivity (Wildman–Crippen MR) is 94.3 cm³/mol. The number of benzene rings is 2. The van der Waals surface area contributed by atoms with Gasteiger partial charge in [-0.15, -0.1) is 0 Å². The van der Waals surface area contributed by atoms with Gasteiger partial charge in [0.2, 0.25) is 5.75 Å². The van der Waals surface area contributed by atoms with Crippen molar-refractivity contribution >= 4 is 29.6 Å². The van der Waals surface area contributed by atoms with Gasteiger partial charge >= 0.3 is 17.9 Å². The van der Waals surface area contributed by atoms with Crippen molar-refractivity contribution in [1.82, 2.24) is 10.6 Å². The summed E-state index contributed by atoms with van der Waals surface area (Å²) < 4.78 is 43.7. The van der Waals surface area contributed by atoms with Gasteiger partial charge in [-0.2, -0.15) is 13.2 Å². The minimum Gasteiger partial charge on any atom is -0.450 e. The van der Waals surface area contributed by atoms with Crippen LogP contribution < -0.4 is 15.4 Å². The third kappa shape index (κ3) is 4.43. The zero-order valence-corrected chi connectivity index (χ0v) is 14.6. The molecule has 154 valence electrons. The van der Waals surface area contributed by atoms with E-state index in [-0.39, 0.29) is 16.9 Å². The van der Waals surface area contributed by atoms with Crippen LogP contribution in [0.15, 0.2) is 48.0 Å². The fourth-order valence-corrected chi connectivity index (χ4v) is 2.49. The van der Waals surface area contributed by atoms with Crippen molar-refractivity contribution in [3.63, 3.8) is 0 Å². The Bertz CT molecular complexity index is 1090. The van der Waals surface area contributed by atoms with Gasteiger partial charge in [0.25, 0.3) is 11.8 Å². The number of carbonyl (C=O) groups is 3. The van der Waals surface area contributed by atoms with Crippen LogP contribution in [0, 0.1) is 10.1 Å². The maximum absolute atomic E-state index is 12.8. The summed E-state index contributed by atoms with van der Waals surface area (Å²) in [5, 5.41) is 14.9. The Balaban J connectivity index is 1.92. The summed E-state index contributed by atoms with van der Waals surface area (Å²) in [4.78, 5) is 44.8. The van der Waals surface area contributed by atoms with Crippen molar-refractivity contribution in [2.75, 3.05) is 0 Å². The summed E-state index contributed by atoms with van der Waals surface area (Å²) in [6, 6.07) is 6.42. The van der Waals surface area contributed by atoms with E-state index in [4.69, 9.17) is 4.74 Å². The molecular weight excluding hydrogens is 411 g/mol. The van der Waals surface area contributed by atoms with Crippen molar-refractivity contribution in [3.05, 3.63) is 69.3 Å². The second kappa shape index (κ2) is 7.66. The van der Waals surface area contributed by atoms with E-state index in [1.807, 2.05) is 10.6 Å². The van der Waals surface area contributed by atoms with Gasteiger partial charge in [0.15, 0.2) is 0 Å². The number of imide groups is 2. The van der Waals surface area contributed by atoms with Crippen molar-refractivity contribution in [2.45, 2.75) is 6.18 Å². The lowest BCUT2D eigenvalue weighted by Gasteiger charge is -2.14. The minimum absolute atomic E-state index is 0.0000826. The molecule has 0 bridgehead atoms. The number of carbonyl (C=O) groups excluding carboxylic acids is 3. The van der Waals surface area contributed by atoms with E-state index in [1.165, 1.54) is 24.3 Å². The van der Waals surface area contributed by atoms with Gasteiger partial charge in [-0.3, -0.25) is 30.3 Å². The van der Waals surface area contributed by atoms with Crippen LogP contribution >= 0.6 is 0 Å². The number of rotatable bonds is 4. The third-order valence-corrected chi connectivity index (χ3v) is 3.82. The summed E-state index contributed by atoms with van der Waals surface area (Å²) in [6.45, 7) is 0. The van der Waals surface area contributed by atoms with Crippen LogP contribution in [0.5, 0.6) is 11.5 Å². The monoisotopic (exact) mass is 421 g/mol. The Kier molecular flexibility index (Phi) is 5.24. The SMILES string of the molecule is O=C1NC(=O)C(=Cc2cccc(Oc3ccc(C(F)(F)F)cc3[N+](=O)[O-])c2)C(=O)N1. The van der Waals surface area contributed by atoms with Gasteiger partial charge in [0, 0.05) is 6.07 Å². The lowest BCUT2D eigenvalue weighted by Crippen LogP contribution is -2.51. The van der Waals surface area contributed by atoms with E-state index in [0.717, 1.165) is 12.1 Å². The fourth-order valence-electron chi connectivity index (χ4n) is 2.49. The van der Waals surface area contributed by atoms with Crippen LogP contribution in [-0.2, 0) is 15.8 Å². The summed E-state index contributed by atoms with van der Waals surface area (Å²) >= 11 is 0. The van der Waals surface area contributed by atoms with E-state index >= 15 is 0 Å². The Labute approximate surface area is 165 Å². The number of barbiturate groups is 1. The molecule has 2 aromatic carbocycles. The van der Waals surface area contributed by atoms with Crippen LogP contribution in [0.25, 0.3) is 6.08 Å². The standard InChI is InChI=1S/C18H10F3N3O6/c19-18(20,21)10-4-5-14(13(8-10)24(28)29)30-11-3-1-2-9(6-11)7-12-15(25)22-17(27)23-16(12)26/h1-8H,(H2,22,23,25,26,27). The molecular formula is C18H10F3N3O6. The molecule has 0 spiro atoms. The molecule has 30 heavy (non-hydrogen) atoms. The Morgan fingerprint density at radius 1 is 1.00 bits per heavy atom. The van der Waals surface area contributed by atoms with Gasteiger partial charge in [-0.1, -0.05) is 12.1 Å². The van der Waals surface area contributed by atoms with Crippen LogP contribution in [0.4, 0.5) is 23.7 Å². The number of urea groups is 1.